The van der Waals surface area contributed by atoms with Crippen molar-refractivity contribution in [3.8, 4) is 5.75 Å². The Morgan fingerprint density at radius 1 is 1.50 bits per heavy atom. The largest absolute Gasteiger partial charge is 0.486 e. The molecular weight excluding hydrogens is 178 g/mol. The van der Waals surface area contributed by atoms with E-state index in [-0.39, 0.29) is 6.10 Å². The highest BCUT2D eigenvalue weighted by Gasteiger charge is 2.22. The van der Waals surface area contributed by atoms with E-state index >= 15 is 0 Å². The molecule has 2 unspecified atom stereocenters. The first-order chi connectivity index (χ1) is 6.86. The number of nitrogens with one attached hydrogen (secondary N) is 1. The minimum Gasteiger partial charge on any atom is -0.486 e. The molecule has 1 aliphatic rings. The number of hydrogen-bond acceptors (Lipinski definition) is 4. The van der Waals surface area contributed by atoms with Crippen LogP contribution >= 0.6 is 0 Å². The Hall–Kier alpha value is -1.16. The van der Waals surface area contributed by atoms with Crippen LogP contribution in [0.15, 0.2) is 18.7 Å². The lowest BCUT2D eigenvalue weighted by molar-refractivity contribution is 0.178. The highest BCUT2D eigenvalue weighted by molar-refractivity contribution is 5.10. The van der Waals surface area contributed by atoms with Crippen LogP contribution in [0.3, 0.4) is 0 Å². The number of aromatic nitrogens is 2. The predicted molar refractivity (Wildman–Crippen MR) is 53.1 cm³/mol. The molecule has 1 fully saturated rings. The lowest BCUT2D eigenvalue weighted by Gasteiger charge is -2.20. The average molecular weight is 193 g/mol. The van der Waals surface area contributed by atoms with E-state index in [0.29, 0.717) is 6.04 Å². The average Bonchev–Trinajstić information content (AvgIpc) is 2.72. The maximum Gasteiger partial charge on any atom is 0.156 e. The van der Waals surface area contributed by atoms with Crippen molar-refractivity contribution in [1.29, 1.82) is 0 Å². The molecular formula is C10H15N3O. The van der Waals surface area contributed by atoms with Crippen LogP contribution in [-0.4, -0.2) is 28.7 Å². The summed E-state index contributed by atoms with van der Waals surface area (Å²) < 4.78 is 5.71. The minimum atomic E-state index is 0.184. The van der Waals surface area contributed by atoms with Gasteiger partial charge in [-0.2, -0.15) is 0 Å². The van der Waals surface area contributed by atoms with Gasteiger partial charge >= 0.3 is 0 Å². The highest BCUT2D eigenvalue weighted by atomic mass is 16.5. The smallest absolute Gasteiger partial charge is 0.156 e. The number of hydrogen-bond donors (Lipinski definition) is 1. The molecule has 1 saturated heterocycles. The van der Waals surface area contributed by atoms with Gasteiger partial charge in [-0.15, -0.1) is 0 Å². The first-order valence-electron chi connectivity index (χ1n) is 5.01. The molecule has 2 rings (SSSR count). The Labute approximate surface area is 83.7 Å². The van der Waals surface area contributed by atoms with Crippen molar-refractivity contribution in [1.82, 2.24) is 15.3 Å². The van der Waals surface area contributed by atoms with Gasteiger partial charge in [0.1, 0.15) is 12.4 Å². The molecule has 1 aliphatic heterocycles. The normalized spacial score (nSPS) is 23.4. The lowest BCUT2D eigenvalue weighted by Crippen LogP contribution is -2.36. The van der Waals surface area contributed by atoms with Gasteiger partial charge in [-0.25, -0.2) is 9.97 Å². The molecule has 4 heteroatoms. The van der Waals surface area contributed by atoms with E-state index in [0.717, 1.165) is 12.3 Å². The third-order valence-corrected chi connectivity index (χ3v) is 2.52. The summed E-state index contributed by atoms with van der Waals surface area (Å²) in [6, 6.07) is 0.468. The fourth-order valence-corrected chi connectivity index (χ4v) is 1.76. The van der Waals surface area contributed by atoms with Crippen molar-refractivity contribution in [3.63, 3.8) is 0 Å². The van der Waals surface area contributed by atoms with Crippen molar-refractivity contribution in [2.45, 2.75) is 31.9 Å². The quantitative estimate of drug-likeness (QED) is 0.777. The second-order valence-corrected chi connectivity index (χ2v) is 3.60. The fraction of sp³-hybridized carbons (Fsp3) is 0.600. The van der Waals surface area contributed by atoms with E-state index in [4.69, 9.17) is 4.74 Å². The molecule has 1 N–H and O–H groups in total. The van der Waals surface area contributed by atoms with Gasteiger partial charge in [0.2, 0.25) is 0 Å². The molecule has 0 aromatic carbocycles. The molecule has 0 radical (unpaired) electrons. The van der Waals surface area contributed by atoms with E-state index in [9.17, 15) is 0 Å². The SMILES string of the molecule is CC(Oc1cncnc1)C1CCCN1. The summed E-state index contributed by atoms with van der Waals surface area (Å²) >= 11 is 0. The third-order valence-electron chi connectivity index (χ3n) is 2.52. The number of nitrogens with zero attached hydrogens (tertiary/aromatic N) is 2. The van der Waals surface area contributed by atoms with E-state index in [2.05, 4.69) is 22.2 Å². The van der Waals surface area contributed by atoms with E-state index < -0.39 is 0 Å². The van der Waals surface area contributed by atoms with Crippen LogP contribution < -0.4 is 10.1 Å². The summed E-state index contributed by atoms with van der Waals surface area (Å²) in [6.07, 6.45) is 7.50. The zero-order valence-corrected chi connectivity index (χ0v) is 8.31. The minimum absolute atomic E-state index is 0.184. The van der Waals surface area contributed by atoms with Gasteiger partial charge < -0.3 is 10.1 Å². The van der Waals surface area contributed by atoms with Gasteiger partial charge in [-0.1, -0.05) is 0 Å². The lowest BCUT2D eigenvalue weighted by atomic mass is 10.1. The summed E-state index contributed by atoms with van der Waals surface area (Å²) in [5.41, 5.74) is 0. The molecule has 1 aromatic rings. The first-order valence-corrected chi connectivity index (χ1v) is 5.01. The Kier molecular flexibility index (Phi) is 2.93. The zero-order chi connectivity index (χ0) is 9.80. The van der Waals surface area contributed by atoms with Crippen molar-refractivity contribution in [2.75, 3.05) is 6.54 Å². The van der Waals surface area contributed by atoms with Gasteiger partial charge in [0, 0.05) is 6.04 Å². The van der Waals surface area contributed by atoms with Gasteiger partial charge in [-0.05, 0) is 26.3 Å². The van der Waals surface area contributed by atoms with Gasteiger partial charge in [0.15, 0.2) is 5.75 Å². The van der Waals surface area contributed by atoms with Crippen molar-refractivity contribution in [2.24, 2.45) is 0 Å². The van der Waals surface area contributed by atoms with Gasteiger partial charge in [-0.3, -0.25) is 0 Å². The first kappa shape index (κ1) is 9.40. The summed E-state index contributed by atoms with van der Waals surface area (Å²) in [7, 11) is 0. The van der Waals surface area contributed by atoms with Crippen LogP contribution in [0.4, 0.5) is 0 Å². The van der Waals surface area contributed by atoms with E-state index in [1.807, 2.05) is 0 Å². The fourth-order valence-electron chi connectivity index (χ4n) is 1.76. The van der Waals surface area contributed by atoms with Crippen LogP contribution in [-0.2, 0) is 0 Å². The highest BCUT2D eigenvalue weighted by Crippen LogP contribution is 2.15. The maximum atomic E-state index is 5.71. The molecule has 0 saturated carbocycles. The molecule has 4 nitrogen and oxygen atoms in total. The van der Waals surface area contributed by atoms with E-state index in [1.54, 1.807) is 12.4 Å². The molecule has 0 spiro atoms. The molecule has 14 heavy (non-hydrogen) atoms. The Morgan fingerprint density at radius 3 is 2.93 bits per heavy atom. The summed E-state index contributed by atoms with van der Waals surface area (Å²) in [6.45, 7) is 3.18. The van der Waals surface area contributed by atoms with E-state index in [1.165, 1.54) is 19.2 Å². The molecule has 0 amide bonds. The maximum absolute atomic E-state index is 5.71. The molecule has 2 heterocycles. The van der Waals surface area contributed by atoms with Gasteiger partial charge in [0.05, 0.1) is 12.4 Å². The predicted octanol–water partition coefficient (Wildman–Crippen LogP) is 0.996. The van der Waals surface area contributed by atoms with Crippen LogP contribution in [0.2, 0.25) is 0 Å². The number of ether oxygens (including phenoxy) is 1. The third kappa shape index (κ3) is 2.20. The van der Waals surface area contributed by atoms with Gasteiger partial charge in [0.25, 0.3) is 0 Å². The van der Waals surface area contributed by atoms with Crippen LogP contribution in [0.1, 0.15) is 19.8 Å². The van der Waals surface area contributed by atoms with Crippen molar-refractivity contribution < 1.29 is 4.74 Å². The van der Waals surface area contributed by atoms with Crippen LogP contribution in [0, 0.1) is 0 Å². The Balaban J connectivity index is 1.90. The topological polar surface area (TPSA) is 47.0 Å². The van der Waals surface area contributed by atoms with Crippen molar-refractivity contribution in [3.05, 3.63) is 18.7 Å². The molecule has 2 atom stereocenters. The molecule has 0 bridgehead atoms. The summed E-state index contributed by atoms with van der Waals surface area (Å²) in [5.74, 6) is 0.744. The standard InChI is InChI=1S/C10H15N3O/c1-8(10-3-2-4-13-10)14-9-5-11-7-12-6-9/h5-8,10,13H,2-4H2,1H3. The zero-order valence-electron chi connectivity index (χ0n) is 8.31. The van der Waals surface area contributed by atoms with Crippen LogP contribution in [0.25, 0.3) is 0 Å². The summed E-state index contributed by atoms with van der Waals surface area (Å²) in [4.78, 5) is 7.82. The molecule has 76 valence electrons. The Bertz CT molecular complexity index is 272. The monoisotopic (exact) mass is 193 g/mol. The molecule has 1 aromatic heterocycles. The Morgan fingerprint density at radius 2 is 2.29 bits per heavy atom. The second-order valence-electron chi connectivity index (χ2n) is 3.60. The number of rotatable bonds is 3. The van der Waals surface area contributed by atoms with Crippen LogP contribution in [0.5, 0.6) is 5.75 Å². The summed E-state index contributed by atoms with van der Waals surface area (Å²) in [5, 5.41) is 3.41. The molecule has 0 aliphatic carbocycles. The second kappa shape index (κ2) is 4.37. The van der Waals surface area contributed by atoms with Crippen molar-refractivity contribution >= 4 is 0 Å².